The van der Waals surface area contributed by atoms with Crippen molar-refractivity contribution in [3.05, 3.63) is 41.5 Å². The van der Waals surface area contributed by atoms with E-state index in [9.17, 15) is 4.79 Å². The highest BCUT2D eigenvalue weighted by Gasteiger charge is 2.17. The maximum Gasteiger partial charge on any atom is 0.161 e. The Morgan fingerprint density at radius 1 is 1.20 bits per heavy atom. The van der Waals surface area contributed by atoms with E-state index in [-0.39, 0.29) is 11.2 Å². The molecule has 0 fully saturated rings. The van der Waals surface area contributed by atoms with Crippen LogP contribution in [0.25, 0.3) is 6.08 Å². The largest absolute Gasteiger partial charge is 0.294 e. The lowest BCUT2D eigenvalue weighted by molar-refractivity contribution is -0.121. The van der Waals surface area contributed by atoms with Crippen LogP contribution in [0.4, 0.5) is 0 Å². The molecule has 0 atom stereocenters. The van der Waals surface area contributed by atoms with Gasteiger partial charge in [-0.05, 0) is 24.1 Å². The van der Waals surface area contributed by atoms with E-state index in [2.05, 4.69) is 0 Å². The van der Waals surface area contributed by atoms with Gasteiger partial charge in [-0.2, -0.15) is 0 Å². The van der Waals surface area contributed by atoms with E-state index in [0.717, 1.165) is 5.56 Å². The molecule has 0 heterocycles. The third kappa shape index (κ3) is 3.35. The zero-order valence-corrected chi connectivity index (χ0v) is 9.87. The molecule has 0 aromatic heterocycles. The van der Waals surface area contributed by atoms with Crippen LogP contribution in [0.3, 0.4) is 0 Å². The van der Waals surface area contributed by atoms with Crippen molar-refractivity contribution in [2.75, 3.05) is 0 Å². The summed E-state index contributed by atoms with van der Waals surface area (Å²) in [5.41, 5.74) is 2.00. The van der Waals surface area contributed by atoms with Gasteiger partial charge in [0, 0.05) is 5.41 Å². The predicted molar refractivity (Wildman–Crippen MR) is 64.7 cm³/mol. The van der Waals surface area contributed by atoms with Crippen molar-refractivity contribution in [2.45, 2.75) is 27.7 Å². The van der Waals surface area contributed by atoms with Crippen LogP contribution in [0.1, 0.15) is 31.9 Å². The molecule has 0 saturated carbocycles. The fourth-order valence-electron chi connectivity index (χ4n) is 1.19. The van der Waals surface area contributed by atoms with E-state index in [1.54, 1.807) is 6.08 Å². The molecule has 1 rings (SSSR count). The fraction of sp³-hybridized carbons (Fsp3) is 0.357. The number of aryl methyl sites for hydroxylation is 1. The lowest BCUT2D eigenvalue weighted by atomic mass is 9.90. The first-order valence-corrected chi connectivity index (χ1v) is 5.19. The van der Waals surface area contributed by atoms with Crippen molar-refractivity contribution in [1.82, 2.24) is 0 Å². The maximum atomic E-state index is 11.7. The standard InChI is InChI=1S/C14H18O/c1-11-7-5-6-8-12(11)9-10-13(15)14(2,3)4/h5-10H,1-4H3. The van der Waals surface area contributed by atoms with Crippen molar-refractivity contribution in [1.29, 1.82) is 0 Å². The van der Waals surface area contributed by atoms with Gasteiger partial charge < -0.3 is 0 Å². The Morgan fingerprint density at radius 2 is 1.80 bits per heavy atom. The molecule has 15 heavy (non-hydrogen) atoms. The van der Waals surface area contributed by atoms with Crippen molar-refractivity contribution >= 4 is 11.9 Å². The van der Waals surface area contributed by atoms with Gasteiger partial charge >= 0.3 is 0 Å². The lowest BCUT2D eigenvalue weighted by Crippen LogP contribution is -2.17. The molecule has 0 unspecified atom stereocenters. The number of carbonyl (C=O) groups is 1. The van der Waals surface area contributed by atoms with Crippen LogP contribution < -0.4 is 0 Å². The van der Waals surface area contributed by atoms with E-state index >= 15 is 0 Å². The van der Waals surface area contributed by atoms with Crippen LogP contribution in [-0.4, -0.2) is 5.78 Å². The summed E-state index contributed by atoms with van der Waals surface area (Å²) in [5.74, 6) is 0.158. The molecule has 0 spiro atoms. The van der Waals surface area contributed by atoms with E-state index in [4.69, 9.17) is 0 Å². The molecule has 0 aliphatic heterocycles. The van der Waals surface area contributed by atoms with Gasteiger partial charge in [0.25, 0.3) is 0 Å². The van der Waals surface area contributed by atoms with Crippen LogP contribution in [0.2, 0.25) is 0 Å². The van der Waals surface area contributed by atoms with E-state index in [1.165, 1.54) is 5.56 Å². The van der Waals surface area contributed by atoms with E-state index < -0.39 is 0 Å². The highest BCUT2D eigenvalue weighted by molar-refractivity contribution is 5.97. The van der Waals surface area contributed by atoms with Crippen LogP contribution in [0.15, 0.2) is 30.3 Å². The van der Waals surface area contributed by atoms with Crippen molar-refractivity contribution in [3.63, 3.8) is 0 Å². The summed E-state index contributed by atoms with van der Waals surface area (Å²) in [5, 5.41) is 0. The number of hydrogen-bond acceptors (Lipinski definition) is 1. The van der Waals surface area contributed by atoms with Gasteiger partial charge in [0.15, 0.2) is 5.78 Å². The molecule has 0 radical (unpaired) electrons. The molecular weight excluding hydrogens is 184 g/mol. The summed E-state index contributed by atoms with van der Waals surface area (Å²) in [7, 11) is 0. The Kier molecular flexibility index (Phi) is 3.46. The Hall–Kier alpha value is -1.37. The molecule has 0 amide bonds. The molecule has 1 nitrogen and oxygen atoms in total. The summed E-state index contributed by atoms with van der Waals surface area (Å²) >= 11 is 0. The fourth-order valence-corrected chi connectivity index (χ4v) is 1.19. The molecule has 0 bridgehead atoms. The van der Waals surface area contributed by atoms with Crippen molar-refractivity contribution < 1.29 is 4.79 Å². The number of allylic oxidation sites excluding steroid dienone is 1. The third-order valence-corrected chi connectivity index (χ3v) is 2.34. The Bertz CT molecular complexity index is 381. The highest BCUT2D eigenvalue weighted by atomic mass is 16.1. The molecule has 0 N–H and O–H groups in total. The molecule has 1 aromatic carbocycles. The van der Waals surface area contributed by atoms with Crippen LogP contribution >= 0.6 is 0 Å². The zero-order chi connectivity index (χ0) is 11.5. The molecule has 1 heteroatoms. The lowest BCUT2D eigenvalue weighted by Gasteiger charge is -2.13. The van der Waals surface area contributed by atoms with Gasteiger partial charge in [-0.1, -0.05) is 51.1 Å². The minimum atomic E-state index is -0.292. The summed E-state index contributed by atoms with van der Waals surface area (Å²) in [4.78, 5) is 11.7. The third-order valence-electron chi connectivity index (χ3n) is 2.34. The van der Waals surface area contributed by atoms with Gasteiger partial charge in [-0.25, -0.2) is 0 Å². The first-order valence-electron chi connectivity index (χ1n) is 5.19. The quantitative estimate of drug-likeness (QED) is 0.669. The smallest absolute Gasteiger partial charge is 0.161 e. The molecule has 0 saturated heterocycles. The average Bonchev–Trinajstić information content (AvgIpc) is 2.14. The summed E-state index contributed by atoms with van der Waals surface area (Å²) in [6, 6.07) is 8.04. The number of benzene rings is 1. The molecule has 0 aliphatic rings. The van der Waals surface area contributed by atoms with E-state index in [0.29, 0.717) is 0 Å². The van der Waals surface area contributed by atoms with Crippen LogP contribution in [-0.2, 0) is 4.79 Å². The first-order chi connectivity index (χ1) is 6.91. The zero-order valence-electron chi connectivity index (χ0n) is 9.87. The number of hydrogen-bond donors (Lipinski definition) is 0. The van der Waals surface area contributed by atoms with Gasteiger partial charge in [0.2, 0.25) is 0 Å². The summed E-state index contributed by atoms with van der Waals surface area (Å²) < 4.78 is 0. The maximum absolute atomic E-state index is 11.7. The predicted octanol–water partition coefficient (Wildman–Crippen LogP) is 3.62. The summed E-state index contributed by atoms with van der Waals surface area (Å²) in [6.07, 6.45) is 3.56. The van der Waals surface area contributed by atoms with Gasteiger partial charge in [-0.15, -0.1) is 0 Å². The van der Waals surface area contributed by atoms with Crippen LogP contribution in [0, 0.1) is 12.3 Å². The summed E-state index contributed by atoms with van der Waals surface area (Å²) in [6.45, 7) is 7.83. The average molecular weight is 202 g/mol. The second-order valence-electron chi connectivity index (χ2n) is 4.80. The number of carbonyl (C=O) groups excluding carboxylic acids is 1. The Morgan fingerprint density at radius 3 is 2.33 bits per heavy atom. The Balaban J connectivity index is 2.84. The first kappa shape index (κ1) is 11.7. The monoisotopic (exact) mass is 202 g/mol. The molecule has 0 aliphatic carbocycles. The second kappa shape index (κ2) is 4.43. The normalized spacial score (nSPS) is 12.0. The minimum Gasteiger partial charge on any atom is -0.294 e. The van der Waals surface area contributed by atoms with Crippen molar-refractivity contribution in [2.24, 2.45) is 5.41 Å². The van der Waals surface area contributed by atoms with Gasteiger partial charge in [-0.3, -0.25) is 4.79 Å². The second-order valence-corrected chi connectivity index (χ2v) is 4.80. The number of rotatable bonds is 2. The van der Waals surface area contributed by atoms with E-state index in [1.807, 2.05) is 58.0 Å². The molecule has 1 aromatic rings. The minimum absolute atomic E-state index is 0.158. The Labute approximate surface area is 91.8 Å². The number of ketones is 1. The van der Waals surface area contributed by atoms with Crippen molar-refractivity contribution in [3.8, 4) is 0 Å². The van der Waals surface area contributed by atoms with Gasteiger partial charge in [0.05, 0.1) is 0 Å². The topological polar surface area (TPSA) is 17.1 Å². The van der Waals surface area contributed by atoms with Gasteiger partial charge in [0.1, 0.15) is 0 Å². The SMILES string of the molecule is Cc1ccccc1C=CC(=O)C(C)(C)C. The molecular formula is C14H18O. The van der Waals surface area contributed by atoms with Crippen LogP contribution in [0.5, 0.6) is 0 Å². The highest BCUT2D eigenvalue weighted by Crippen LogP contribution is 2.16. The molecule has 80 valence electrons.